The topological polar surface area (TPSA) is 75.9 Å². The number of thiophene rings is 1. The third-order valence-electron chi connectivity index (χ3n) is 3.17. The standard InChI is InChI=1S/C14H21N5S/c1-4-6-11(12-7-5-8-20-12)18-13-9(2)14(19-15)17-10(3)16-13/h5,7-8,11H,4,6,15H2,1-3H3,(H2,16,17,18,19). The monoisotopic (exact) mass is 291 g/mol. The van der Waals surface area contributed by atoms with Crippen molar-refractivity contribution in [3.8, 4) is 0 Å². The lowest BCUT2D eigenvalue weighted by Crippen LogP contribution is -2.16. The van der Waals surface area contributed by atoms with Gasteiger partial charge in [-0.05, 0) is 31.7 Å². The molecule has 2 aromatic heterocycles. The lowest BCUT2D eigenvalue weighted by Gasteiger charge is -2.20. The number of nitrogens with two attached hydrogens (primary N) is 1. The molecule has 0 saturated heterocycles. The van der Waals surface area contributed by atoms with E-state index in [1.807, 2.05) is 13.8 Å². The zero-order chi connectivity index (χ0) is 14.5. The summed E-state index contributed by atoms with van der Waals surface area (Å²) in [6, 6.07) is 4.51. The average Bonchev–Trinajstić information content (AvgIpc) is 2.95. The van der Waals surface area contributed by atoms with E-state index >= 15 is 0 Å². The van der Waals surface area contributed by atoms with Crippen LogP contribution in [0.2, 0.25) is 0 Å². The molecule has 108 valence electrons. The molecule has 0 bridgehead atoms. The molecule has 0 aliphatic heterocycles. The Kier molecular flexibility index (Phi) is 4.92. The highest BCUT2D eigenvalue weighted by molar-refractivity contribution is 7.10. The summed E-state index contributed by atoms with van der Waals surface area (Å²) in [7, 11) is 0. The Labute approximate surface area is 123 Å². The number of hydrazine groups is 1. The first kappa shape index (κ1) is 14.7. The molecule has 0 spiro atoms. The molecule has 5 nitrogen and oxygen atoms in total. The summed E-state index contributed by atoms with van der Waals surface area (Å²) in [5, 5.41) is 5.63. The number of aromatic nitrogens is 2. The summed E-state index contributed by atoms with van der Waals surface area (Å²) in [4.78, 5) is 10.1. The van der Waals surface area contributed by atoms with Crippen molar-refractivity contribution in [1.82, 2.24) is 9.97 Å². The molecular weight excluding hydrogens is 270 g/mol. The van der Waals surface area contributed by atoms with Crippen LogP contribution in [-0.2, 0) is 0 Å². The molecular formula is C14H21N5S. The minimum atomic E-state index is 0.277. The van der Waals surface area contributed by atoms with Crippen LogP contribution < -0.4 is 16.6 Å². The quantitative estimate of drug-likeness (QED) is 0.562. The van der Waals surface area contributed by atoms with Crippen molar-refractivity contribution in [2.75, 3.05) is 10.7 Å². The Morgan fingerprint density at radius 2 is 2.05 bits per heavy atom. The van der Waals surface area contributed by atoms with Crippen molar-refractivity contribution < 1.29 is 0 Å². The fourth-order valence-electron chi connectivity index (χ4n) is 2.14. The van der Waals surface area contributed by atoms with Gasteiger partial charge < -0.3 is 10.7 Å². The van der Waals surface area contributed by atoms with Gasteiger partial charge in [0, 0.05) is 10.4 Å². The number of nitrogens with one attached hydrogen (secondary N) is 2. The first-order valence-electron chi connectivity index (χ1n) is 6.77. The van der Waals surface area contributed by atoms with Gasteiger partial charge in [0.05, 0.1) is 6.04 Å². The fraction of sp³-hybridized carbons (Fsp3) is 0.429. The van der Waals surface area contributed by atoms with E-state index in [0.717, 1.165) is 24.2 Å². The number of anilines is 2. The first-order valence-corrected chi connectivity index (χ1v) is 7.65. The van der Waals surface area contributed by atoms with Crippen molar-refractivity contribution >= 4 is 23.0 Å². The van der Waals surface area contributed by atoms with Crippen molar-refractivity contribution in [1.29, 1.82) is 0 Å². The van der Waals surface area contributed by atoms with Crippen molar-refractivity contribution in [3.05, 3.63) is 33.8 Å². The second kappa shape index (κ2) is 6.67. The molecule has 1 unspecified atom stereocenters. The summed E-state index contributed by atoms with van der Waals surface area (Å²) in [5.74, 6) is 7.72. The molecule has 6 heteroatoms. The van der Waals surface area contributed by atoms with Crippen LogP contribution in [0.5, 0.6) is 0 Å². The summed E-state index contributed by atoms with van der Waals surface area (Å²) < 4.78 is 0. The molecule has 0 saturated carbocycles. The second-order valence-electron chi connectivity index (χ2n) is 4.74. The predicted molar refractivity (Wildman–Crippen MR) is 84.9 cm³/mol. The van der Waals surface area contributed by atoms with Gasteiger partial charge in [-0.25, -0.2) is 15.8 Å². The van der Waals surface area contributed by atoms with Gasteiger partial charge in [-0.2, -0.15) is 0 Å². The molecule has 4 N–H and O–H groups in total. The number of nitrogens with zero attached hydrogens (tertiary/aromatic N) is 2. The Hall–Kier alpha value is -1.66. The molecule has 0 aliphatic carbocycles. The van der Waals surface area contributed by atoms with Crippen molar-refractivity contribution in [2.24, 2.45) is 5.84 Å². The number of aryl methyl sites for hydroxylation is 1. The minimum Gasteiger partial charge on any atom is -0.362 e. The molecule has 2 aromatic rings. The molecule has 20 heavy (non-hydrogen) atoms. The summed E-state index contributed by atoms with van der Waals surface area (Å²) in [6.45, 7) is 6.02. The van der Waals surface area contributed by atoms with E-state index in [2.05, 4.69) is 45.1 Å². The number of rotatable bonds is 6. The molecule has 2 rings (SSSR count). The Bertz CT molecular complexity index is 553. The summed E-state index contributed by atoms with van der Waals surface area (Å²) >= 11 is 1.76. The van der Waals surface area contributed by atoms with Gasteiger partial charge in [-0.1, -0.05) is 19.4 Å². The van der Waals surface area contributed by atoms with Gasteiger partial charge >= 0.3 is 0 Å². The highest BCUT2D eigenvalue weighted by atomic mass is 32.1. The van der Waals surface area contributed by atoms with Crippen LogP contribution in [-0.4, -0.2) is 9.97 Å². The predicted octanol–water partition coefficient (Wildman–Crippen LogP) is 3.39. The van der Waals surface area contributed by atoms with E-state index in [1.54, 1.807) is 11.3 Å². The minimum absolute atomic E-state index is 0.277. The SMILES string of the molecule is CCCC(Nc1nc(C)nc(NN)c1C)c1cccs1. The zero-order valence-electron chi connectivity index (χ0n) is 12.1. The van der Waals surface area contributed by atoms with Gasteiger partial charge in [0.2, 0.25) is 0 Å². The Balaban J connectivity index is 2.29. The highest BCUT2D eigenvalue weighted by Gasteiger charge is 2.15. The third-order valence-corrected chi connectivity index (χ3v) is 4.16. The van der Waals surface area contributed by atoms with E-state index < -0.39 is 0 Å². The van der Waals surface area contributed by atoms with Crippen LogP contribution in [0, 0.1) is 13.8 Å². The Morgan fingerprint density at radius 3 is 2.65 bits per heavy atom. The van der Waals surface area contributed by atoms with Gasteiger partial charge in [0.1, 0.15) is 17.5 Å². The van der Waals surface area contributed by atoms with Gasteiger partial charge in [0.25, 0.3) is 0 Å². The number of hydrogen-bond acceptors (Lipinski definition) is 6. The van der Waals surface area contributed by atoms with Gasteiger partial charge in [-0.15, -0.1) is 11.3 Å². The normalized spacial score (nSPS) is 12.2. The van der Waals surface area contributed by atoms with Gasteiger partial charge in [0.15, 0.2) is 0 Å². The van der Waals surface area contributed by atoms with Gasteiger partial charge in [-0.3, -0.25) is 0 Å². The molecule has 0 fully saturated rings. The number of nitrogen functional groups attached to an aromatic ring is 1. The van der Waals surface area contributed by atoms with Crippen LogP contribution in [0.4, 0.5) is 11.6 Å². The second-order valence-corrected chi connectivity index (χ2v) is 5.72. The van der Waals surface area contributed by atoms with E-state index in [4.69, 9.17) is 5.84 Å². The zero-order valence-corrected chi connectivity index (χ0v) is 12.9. The fourth-order valence-corrected chi connectivity index (χ4v) is 2.95. The molecule has 1 atom stereocenters. The average molecular weight is 291 g/mol. The maximum absolute atomic E-state index is 5.51. The van der Waals surface area contributed by atoms with E-state index in [-0.39, 0.29) is 6.04 Å². The molecule has 0 radical (unpaired) electrons. The number of hydrogen-bond donors (Lipinski definition) is 3. The smallest absolute Gasteiger partial charge is 0.148 e. The first-order chi connectivity index (χ1) is 9.65. The van der Waals surface area contributed by atoms with Crippen molar-refractivity contribution in [3.63, 3.8) is 0 Å². The lowest BCUT2D eigenvalue weighted by atomic mass is 10.1. The van der Waals surface area contributed by atoms with E-state index in [1.165, 1.54) is 4.88 Å². The molecule has 0 aromatic carbocycles. The third kappa shape index (κ3) is 3.26. The molecule has 0 aliphatic rings. The summed E-state index contributed by atoms with van der Waals surface area (Å²) in [5.41, 5.74) is 3.57. The highest BCUT2D eigenvalue weighted by Crippen LogP contribution is 2.29. The van der Waals surface area contributed by atoms with Crippen LogP contribution >= 0.6 is 11.3 Å². The van der Waals surface area contributed by atoms with Crippen LogP contribution in [0.25, 0.3) is 0 Å². The maximum Gasteiger partial charge on any atom is 0.148 e. The van der Waals surface area contributed by atoms with Crippen LogP contribution in [0.3, 0.4) is 0 Å². The molecule has 0 amide bonds. The lowest BCUT2D eigenvalue weighted by molar-refractivity contribution is 0.683. The maximum atomic E-state index is 5.51. The summed E-state index contributed by atoms with van der Waals surface area (Å²) in [6.07, 6.45) is 2.18. The largest absolute Gasteiger partial charge is 0.362 e. The van der Waals surface area contributed by atoms with E-state index in [9.17, 15) is 0 Å². The van der Waals surface area contributed by atoms with E-state index in [0.29, 0.717) is 11.6 Å². The van der Waals surface area contributed by atoms with Crippen molar-refractivity contribution in [2.45, 2.75) is 39.7 Å². The van der Waals surface area contributed by atoms with Crippen LogP contribution in [0.1, 0.15) is 42.1 Å². The van der Waals surface area contributed by atoms with Crippen LogP contribution in [0.15, 0.2) is 17.5 Å². The molecule has 2 heterocycles. The Morgan fingerprint density at radius 1 is 1.30 bits per heavy atom.